The zero-order valence-electron chi connectivity index (χ0n) is 18.4. The lowest BCUT2D eigenvalue weighted by Gasteiger charge is -2.27. The zero-order chi connectivity index (χ0) is 21.4. The second kappa shape index (κ2) is 8.23. The quantitative estimate of drug-likeness (QED) is 0.566. The molecule has 3 heterocycles. The maximum Gasteiger partial charge on any atom is 0.170 e. The Hall–Kier alpha value is -2.66. The molecule has 5 heteroatoms. The largest absolute Gasteiger partial charge is 0.352 e. The highest BCUT2D eigenvalue weighted by Crippen LogP contribution is 2.41. The third-order valence-corrected chi connectivity index (χ3v) is 6.61. The monoisotopic (exact) mass is 418 g/mol. The third kappa shape index (κ3) is 3.31. The van der Waals surface area contributed by atoms with Crippen molar-refractivity contribution in [2.24, 2.45) is 0 Å². The van der Waals surface area contributed by atoms with Crippen LogP contribution >= 0.6 is 12.2 Å². The summed E-state index contributed by atoms with van der Waals surface area (Å²) in [5.74, 6) is 0. The van der Waals surface area contributed by atoms with Crippen LogP contribution in [0.25, 0.3) is 5.69 Å². The van der Waals surface area contributed by atoms with Crippen molar-refractivity contribution in [3.8, 4) is 5.69 Å². The predicted molar refractivity (Wildman–Crippen MR) is 127 cm³/mol. The number of para-hydroxylation sites is 1. The number of benzene rings is 1. The van der Waals surface area contributed by atoms with Gasteiger partial charge in [0.1, 0.15) is 0 Å². The van der Waals surface area contributed by atoms with E-state index in [0.29, 0.717) is 0 Å². The molecule has 1 N–H and O–H groups in total. The molecule has 156 valence electrons. The van der Waals surface area contributed by atoms with Crippen molar-refractivity contribution in [3.63, 3.8) is 0 Å². The number of nitrogens with one attached hydrogen (secondary N) is 1. The van der Waals surface area contributed by atoms with Gasteiger partial charge in [-0.2, -0.15) is 0 Å². The Balaban J connectivity index is 1.88. The van der Waals surface area contributed by atoms with Gasteiger partial charge in [-0.15, -0.1) is 0 Å². The van der Waals surface area contributed by atoms with E-state index in [9.17, 15) is 0 Å². The molecule has 1 fully saturated rings. The van der Waals surface area contributed by atoms with Gasteiger partial charge in [-0.05, 0) is 81.2 Å². The van der Waals surface area contributed by atoms with Gasteiger partial charge in [-0.3, -0.25) is 4.98 Å². The van der Waals surface area contributed by atoms with Crippen molar-refractivity contribution in [2.75, 3.05) is 6.54 Å². The minimum Gasteiger partial charge on any atom is -0.352 e. The number of aromatic nitrogens is 2. The first-order valence-electron chi connectivity index (χ1n) is 10.7. The first-order valence-corrected chi connectivity index (χ1v) is 11.1. The minimum absolute atomic E-state index is 0.0371. The number of pyridine rings is 1. The Morgan fingerprint density at radius 1 is 1.07 bits per heavy atom. The molecule has 3 aromatic rings. The summed E-state index contributed by atoms with van der Waals surface area (Å²) in [7, 11) is 0. The molecule has 1 aliphatic rings. The standard InChI is InChI=1S/C25H30N4S/c1-6-19-12-10-11-16(3)23(19)29-17(4)15-20(18(29)5)24-22(21-13-8-9-14-26-21)27-25(30)28(24)7-2/h8-15,22,24H,6-7H2,1-5H3,(H,27,30)/t22-,24-/m1/s1. The number of likely N-dealkylation sites (N-methyl/N-ethyl adjacent to an activating group) is 1. The molecule has 4 rings (SSSR count). The van der Waals surface area contributed by atoms with Crippen LogP contribution in [0.15, 0.2) is 48.7 Å². The molecule has 2 atom stereocenters. The van der Waals surface area contributed by atoms with E-state index in [1.807, 2.05) is 18.3 Å². The van der Waals surface area contributed by atoms with Gasteiger partial charge < -0.3 is 14.8 Å². The highest BCUT2D eigenvalue weighted by molar-refractivity contribution is 7.80. The Kier molecular flexibility index (Phi) is 5.65. The summed E-state index contributed by atoms with van der Waals surface area (Å²) in [5.41, 5.74) is 8.84. The molecule has 0 saturated carbocycles. The molecule has 0 unspecified atom stereocenters. The van der Waals surface area contributed by atoms with E-state index in [0.717, 1.165) is 23.8 Å². The molecule has 2 aromatic heterocycles. The van der Waals surface area contributed by atoms with Crippen LogP contribution in [0.1, 0.15) is 59.7 Å². The normalized spacial score (nSPS) is 18.7. The Bertz CT molecular complexity index is 1070. The van der Waals surface area contributed by atoms with Crippen molar-refractivity contribution in [3.05, 3.63) is 82.4 Å². The number of hydrogen-bond donors (Lipinski definition) is 1. The van der Waals surface area contributed by atoms with Gasteiger partial charge in [0.05, 0.1) is 23.5 Å². The van der Waals surface area contributed by atoms with Crippen molar-refractivity contribution >= 4 is 17.3 Å². The number of aryl methyl sites for hydroxylation is 3. The lowest BCUT2D eigenvalue weighted by Crippen LogP contribution is -2.29. The van der Waals surface area contributed by atoms with Crippen molar-refractivity contribution in [1.29, 1.82) is 0 Å². The summed E-state index contributed by atoms with van der Waals surface area (Å²) in [4.78, 5) is 6.93. The highest BCUT2D eigenvalue weighted by Gasteiger charge is 2.40. The van der Waals surface area contributed by atoms with E-state index in [4.69, 9.17) is 12.2 Å². The molecule has 1 aromatic carbocycles. The third-order valence-electron chi connectivity index (χ3n) is 6.25. The van der Waals surface area contributed by atoms with Crippen molar-refractivity contribution < 1.29 is 0 Å². The average molecular weight is 419 g/mol. The van der Waals surface area contributed by atoms with Crippen LogP contribution in [0.5, 0.6) is 0 Å². The van der Waals surface area contributed by atoms with Crippen LogP contribution in [0.4, 0.5) is 0 Å². The van der Waals surface area contributed by atoms with Gasteiger partial charge in [0.2, 0.25) is 0 Å². The van der Waals surface area contributed by atoms with Gasteiger partial charge >= 0.3 is 0 Å². The predicted octanol–water partition coefficient (Wildman–Crippen LogP) is 5.35. The van der Waals surface area contributed by atoms with Crippen LogP contribution in [0.2, 0.25) is 0 Å². The SMILES string of the molecule is CCc1cccc(C)c1-n1c(C)cc([C@@H]2[C@@H](c3ccccn3)NC(=S)N2CC)c1C. The van der Waals surface area contributed by atoms with Crippen molar-refractivity contribution in [1.82, 2.24) is 19.8 Å². The van der Waals surface area contributed by atoms with Gasteiger partial charge in [-0.1, -0.05) is 31.2 Å². The van der Waals surface area contributed by atoms with Crippen LogP contribution in [0, 0.1) is 20.8 Å². The number of nitrogens with zero attached hydrogens (tertiary/aromatic N) is 3. The highest BCUT2D eigenvalue weighted by atomic mass is 32.1. The van der Waals surface area contributed by atoms with E-state index in [1.54, 1.807) is 0 Å². The lowest BCUT2D eigenvalue weighted by atomic mass is 9.96. The summed E-state index contributed by atoms with van der Waals surface area (Å²) < 4.78 is 2.42. The summed E-state index contributed by atoms with van der Waals surface area (Å²) >= 11 is 5.71. The van der Waals surface area contributed by atoms with E-state index in [2.05, 4.69) is 84.7 Å². The first-order chi connectivity index (χ1) is 14.5. The van der Waals surface area contributed by atoms with Crippen molar-refractivity contribution in [2.45, 2.75) is 53.1 Å². The molecule has 0 radical (unpaired) electrons. The maximum absolute atomic E-state index is 5.71. The van der Waals surface area contributed by atoms with Crippen LogP contribution < -0.4 is 5.32 Å². The molecule has 4 nitrogen and oxygen atoms in total. The number of hydrogen-bond acceptors (Lipinski definition) is 2. The Labute approximate surface area is 184 Å². The molecular weight excluding hydrogens is 388 g/mol. The molecule has 0 bridgehead atoms. The molecule has 0 spiro atoms. The lowest BCUT2D eigenvalue weighted by molar-refractivity contribution is 0.329. The van der Waals surface area contributed by atoms with E-state index in [-0.39, 0.29) is 12.1 Å². The number of rotatable bonds is 5. The van der Waals surface area contributed by atoms with Gasteiger partial charge in [-0.25, -0.2) is 0 Å². The van der Waals surface area contributed by atoms with E-state index in [1.165, 1.54) is 33.8 Å². The first kappa shape index (κ1) is 20.6. The molecule has 0 amide bonds. The summed E-state index contributed by atoms with van der Waals surface area (Å²) in [5, 5.41) is 4.33. The van der Waals surface area contributed by atoms with Crippen LogP contribution in [0.3, 0.4) is 0 Å². The number of thiocarbonyl (C=S) groups is 1. The van der Waals surface area contributed by atoms with E-state index < -0.39 is 0 Å². The summed E-state index contributed by atoms with van der Waals surface area (Å²) in [6.07, 6.45) is 2.87. The molecule has 30 heavy (non-hydrogen) atoms. The molecule has 1 aliphatic heterocycles. The second-order valence-corrected chi connectivity index (χ2v) is 8.40. The van der Waals surface area contributed by atoms with Gasteiger partial charge in [0.15, 0.2) is 5.11 Å². The van der Waals surface area contributed by atoms with Gasteiger partial charge in [0.25, 0.3) is 0 Å². The molecular formula is C25H30N4S. The fourth-order valence-corrected chi connectivity index (χ4v) is 5.21. The second-order valence-electron chi connectivity index (χ2n) is 8.01. The summed E-state index contributed by atoms with van der Waals surface area (Å²) in [6.45, 7) is 11.9. The van der Waals surface area contributed by atoms with Crippen LogP contribution in [-0.2, 0) is 6.42 Å². The summed E-state index contributed by atoms with van der Waals surface area (Å²) in [6, 6.07) is 15.2. The smallest absolute Gasteiger partial charge is 0.170 e. The van der Waals surface area contributed by atoms with E-state index >= 15 is 0 Å². The fourth-order valence-electron chi connectivity index (χ4n) is 4.84. The fraction of sp³-hybridized carbons (Fsp3) is 0.360. The molecule has 0 aliphatic carbocycles. The Morgan fingerprint density at radius 3 is 2.53 bits per heavy atom. The maximum atomic E-state index is 5.71. The minimum atomic E-state index is 0.0371. The topological polar surface area (TPSA) is 33.1 Å². The van der Waals surface area contributed by atoms with Gasteiger partial charge in [0, 0.05) is 24.1 Å². The Morgan fingerprint density at radius 2 is 1.87 bits per heavy atom. The average Bonchev–Trinajstić information content (AvgIpc) is 3.23. The van der Waals surface area contributed by atoms with Crippen LogP contribution in [-0.4, -0.2) is 26.1 Å². The molecule has 1 saturated heterocycles. The zero-order valence-corrected chi connectivity index (χ0v) is 19.3.